The van der Waals surface area contributed by atoms with Crippen LogP contribution in [-0.2, 0) is 6.54 Å². The molecule has 17 heavy (non-hydrogen) atoms. The Bertz CT molecular complexity index is 479. The molecule has 1 N–H and O–H groups in total. The summed E-state index contributed by atoms with van der Waals surface area (Å²) in [6.45, 7) is 5.09. The molecule has 5 heteroatoms. The average molecular weight is 248 g/mol. The molecule has 0 spiro atoms. The quantitative estimate of drug-likeness (QED) is 0.903. The van der Waals surface area contributed by atoms with Crippen molar-refractivity contribution in [1.82, 2.24) is 20.3 Å². The second-order valence-corrected chi connectivity index (χ2v) is 4.88. The zero-order chi connectivity index (χ0) is 12.3. The molecule has 90 valence electrons. The van der Waals surface area contributed by atoms with Crippen LogP contribution >= 0.6 is 11.3 Å². The summed E-state index contributed by atoms with van der Waals surface area (Å²) in [6.07, 6.45) is 1.90. The summed E-state index contributed by atoms with van der Waals surface area (Å²) >= 11 is 1.56. The van der Waals surface area contributed by atoms with E-state index in [-0.39, 0.29) is 0 Å². The predicted molar refractivity (Wildman–Crippen MR) is 70.0 cm³/mol. The fourth-order valence-electron chi connectivity index (χ4n) is 1.69. The monoisotopic (exact) mass is 248 g/mol. The summed E-state index contributed by atoms with van der Waals surface area (Å²) < 4.78 is 0. The Morgan fingerprint density at radius 3 is 2.76 bits per heavy atom. The first-order chi connectivity index (χ1) is 8.22. The van der Waals surface area contributed by atoms with Crippen molar-refractivity contribution in [1.29, 1.82) is 0 Å². The number of aromatic nitrogens is 3. The Kier molecular flexibility index (Phi) is 3.81. The first-order valence-electron chi connectivity index (χ1n) is 5.61. The molecule has 0 aliphatic rings. The summed E-state index contributed by atoms with van der Waals surface area (Å²) in [5.74, 6) is 1.11. The van der Waals surface area contributed by atoms with E-state index in [9.17, 15) is 0 Å². The van der Waals surface area contributed by atoms with E-state index >= 15 is 0 Å². The normalized spacial score (nSPS) is 11.1. The molecule has 0 aliphatic carbocycles. The van der Waals surface area contributed by atoms with Gasteiger partial charge in [-0.1, -0.05) is 13.8 Å². The lowest BCUT2D eigenvalue weighted by atomic mass is 10.1. The standard InChI is InChI=1S/C12H16N4S/c1-8(2)11-9(4-13-3)5-14-12(16-11)10-6-17-7-15-10/h5-8,13H,4H2,1-3H3. The third-order valence-electron chi connectivity index (χ3n) is 2.47. The topological polar surface area (TPSA) is 50.7 Å². The van der Waals surface area contributed by atoms with Crippen LogP contribution in [0.5, 0.6) is 0 Å². The van der Waals surface area contributed by atoms with Gasteiger partial charge in [0, 0.05) is 23.7 Å². The van der Waals surface area contributed by atoms with Gasteiger partial charge in [0.2, 0.25) is 0 Å². The van der Waals surface area contributed by atoms with E-state index in [1.54, 1.807) is 16.8 Å². The lowest BCUT2D eigenvalue weighted by Gasteiger charge is -2.11. The second kappa shape index (κ2) is 5.33. The SMILES string of the molecule is CNCc1cnc(-c2cscn2)nc1C(C)C. The molecule has 0 fully saturated rings. The fraction of sp³-hybridized carbons (Fsp3) is 0.417. The average Bonchev–Trinajstić information content (AvgIpc) is 2.83. The molecular formula is C12H16N4S. The fourth-order valence-corrected chi connectivity index (χ4v) is 2.22. The van der Waals surface area contributed by atoms with Gasteiger partial charge in [0.05, 0.1) is 11.2 Å². The highest BCUT2D eigenvalue weighted by atomic mass is 32.1. The lowest BCUT2D eigenvalue weighted by Crippen LogP contribution is -2.11. The number of nitrogens with zero attached hydrogens (tertiary/aromatic N) is 3. The maximum absolute atomic E-state index is 4.63. The second-order valence-electron chi connectivity index (χ2n) is 4.16. The van der Waals surface area contributed by atoms with Gasteiger partial charge in [-0.2, -0.15) is 0 Å². The molecule has 2 aromatic rings. The van der Waals surface area contributed by atoms with Gasteiger partial charge in [-0.15, -0.1) is 11.3 Å². The van der Waals surface area contributed by atoms with Crippen molar-refractivity contribution in [3.63, 3.8) is 0 Å². The largest absolute Gasteiger partial charge is 0.316 e. The van der Waals surface area contributed by atoms with Crippen molar-refractivity contribution in [2.75, 3.05) is 7.05 Å². The summed E-state index contributed by atoms with van der Waals surface area (Å²) in [4.78, 5) is 13.2. The molecule has 0 amide bonds. The maximum Gasteiger partial charge on any atom is 0.179 e. The Balaban J connectivity index is 2.42. The molecule has 0 saturated heterocycles. The summed E-state index contributed by atoms with van der Waals surface area (Å²) in [7, 11) is 1.93. The van der Waals surface area contributed by atoms with Crippen LogP contribution in [0.25, 0.3) is 11.5 Å². The molecule has 2 aromatic heterocycles. The molecule has 2 rings (SSSR count). The zero-order valence-electron chi connectivity index (χ0n) is 10.3. The Hall–Kier alpha value is -1.33. The molecular weight excluding hydrogens is 232 g/mol. The molecule has 0 aliphatic heterocycles. The van der Waals surface area contributed by atoms with E-state index in [0.717, 1.165) is 29.3 Å². The minimum atomic E-state index is 0.388. The van der Waals surface area contributed by atoms with Gasteiger partial charge in [-0.25, -0.2) is 15.0 Å². The molecule has 0 radical (unpaired) electrons. The summed E-state index contributed by atoms with van der Waals surface area (Å²) in [5, 5.41) is 5.11. The van der Waals surface area contributed by atoms with Gasteiger partial charge in [0.15, 0.2) is 5.82 Å². The Morgan fingerprint density at radius 1 is 1.35 bits per heavy atom. The van der Waals surface area contributed by atoms with Crippen molar-refractivity contribution in [3.8, 4) is 11.5 Å². The van der Waals surface area contributed by atoms with Crippen molar-refractivity contribution < 1.29 is 0 Å². The molecule has 0 unspecified atom stereocenters. The molecule has 0 saturated carbocycles. The van der Waals surface area contributed by atoms with E-state index in [1.807, 2.05) is 18.6 Å². The van der Waals surface area contributed by atoms with Crippen LogP contribution in [0.2, 0.25) is 0 Å². The number of hydrogen-bond acceptors (Lipinski definition) is 5. The highest BCUT2D eigenvalue weighted by Crippen LogP contribution is 2.21. The maximum atomic E-state index is 4.63. The van der Waals surface area contributed by atoms with Crippen LogP contribution in [0.3, 0.4) is 0 Å². The van der Waals surface area contributed by atoms with E-state index in [0.29, 0.717) is 5.92 Å². The van der Waals surface area contributed by atoms with E-state index in [1.165, 1.54) is 0 Å². The van der Waals surface area contributed by atoms with Crippen molar-refractivity contribution in [3.05, 3.63) is 28.3 Å². The van der Waals surface area contributed by atoms with Crippen LogP contribution in [0.4, 0.5) is 0 Å². The highest BCUT2D eigenvalue weighted by molar-refractivity contribution is 7.07. The van der Waals surface area contributed by atoms with E-state index in [4.69, 9.17) is 0 Å². The van der Waals surface area contributed by atoms with Crippen LogP contribution in [0.15, 0.2) is 17.1 Å². The smallest absolute Gasteiger partial charge is 0.179 e. The zero-order valence-corrected chi connectivity index (χ0v) is 11.1. The Labute approximate surface area is 105 Å². The van der Waals surface area contributed by atoms with Crippen molar-refractivity contribution in [2.45, 2.75) is 26.3 Å². The number of rotatable bonds is 4. The van der Waals surface area contributed by atoms with Gasteiger partial charge in [0.25, 0.3) is 0 Å². The first-order valence-corrected chi connectivity index (χ1v) is 6.55. The van der Waals surface area contributed by atoms with Crippen LogP contribution in [0.1, 0.15) is 31.0 Å². The minimum Gasteiger partial charge on any atom is -0.316 e. The first kappa shape index (κ1) is 12.1. The van der Waals surface area contributed by atoms with Crippen molar-refractivity contribution in [2.24, 2.45) is 0 Å². The van der Waals surface area contributed by atoms with E-state index < -0.39 is 0 Å². The van der Waals surface area contributed by atoms with Gasteiger partial charge >= 0.3 is 0 Å². The number of hydrogen-bond donors (Lipinski definition) is 1. The van der Waals surface area contributed by atoms with Gasteiger partial charge < -0.3 is 5.32 Å². The predicted octanol–water partition coefficient (Wildman–Crippen LogP) is 2.44. The third kappa shape index (κ3) is 2.68. The van der Waals surface area contributed by atoms with E-state index in [2.05, 4.69) is 34.1 Å². The number of thiazole rings is 1. The van der Waals surface area contributed by atoms with Gasteiger partial charge in [-0.3, -0.25) is 0 Å². The summed E-state index contributed by atoms with van der Waals surface area (Å²) in [6, 6.07) is 0. The van der Waals surface area contributed by atoms with Crippen molar-refractivity contribution >= 4 is 11.3 Å². The van der Waals surface area contributed by atoms with Crippen LogP contribution in [-0.4, -0.2) is 22.0 Å². The molecule has 0 aromatic carbocycles. The van der Waals surface area contributed by atoms with Crippen LogP contribution in [0, 0.1) is 0 Å². The third-order valence-corrected chi connectivity index (χ3v) is 3.06. The summed E-state index contributed by atoms with van der Waals surface area (Å²) in [5.41, 5.74) is 4.90. The molecule has 0 bridgehead atoms. The minimum absolute atomic E-state index is 0.388. The molecule has 0 atom stereocenters. The van der Waals surface area contributed by atoms with Gasteiger partial charge in [0.1, 0.15) is 5.69 Å². The van der Waals surface area contributed by atoms with Gasteiger partial charge in [-0.05, 0) is 13.0 Å². The highest BCUT2D eigenvalue weighted by Gasteiger charge is 2.12. The molecule has 2 heterocycles. The number of nitrogens with one attached hydrogen (secondary N) is 1. The van der Waals surface area contributed by atoms with Crippen LogP contribution < -0.4 is 5.32 Å². The lowest BCUT2D eigenvalue weighted by molar-refractivity contribution is 0.742. The Morgan fingerprint density at radius 2 is 2.18 bits per heavy atom. The molecule has 4 nitrogen and oxygen atoms in total.